The van der Waals surface area contributed by atoms with Gasteiger partial charge in [-0.2, -0.15) is 0 Å². The minimum Gasteiger partial charge on any atom is -0.307 e. The van der Waals surface area contributed by atoms with E-state index in [-0.39, 0.29) is 12.1 Å². The lowest BCUT2D eigenvalue weighted by Crippen LogP contribution is -2.62. The molecule has 4 nitrogen and oxygen atoms in total. The van der Waals surface area contributed by atoms with Gasteiger partial charge in [-0.3, -0.25) is 9.28 Å². The minimum atomic E-state index is 0.0580. The number of rotatable bonds is 19. The molecule has 0 aromatic heterocycles. The van der Waals surface area contributed by atoms with Crippen molar-refractivity contribution in [3.63, 3.8) is 0 Å². The molecule has 0 bridgehead atoms. The van der Waals surface area contributed by atoms with Crippen LogP contribution < -0.4 is 5.32 Å². The molecule has 1 rings (SSSR count). The molecule has 0 aliphatic carbocycles. The summed E-state index contributed by atoms with van der Waals surface area (Å²) in [6.45, 7) is 11.2. The van der Waals surface area contributed by atoms with E-state index in [1.54, 1.807) is 6.92 Å². The third-order valence-electron chi connectivity index (χ3n) is 6.94. The number of aliphatic imine (C=N–C) groups is 1. The number of unbranched alkanes of at least 4 members (excludes halogenated alkanes) is 12. The van der Waals surface area contributed by atoms with E-state index in [4.69, 9.17) is 4.99 Å². The van der Waals surface area contributed by atoms with Crippen molar-refractivity contribution in [3.05, 3.63) is 12.2 Å². The van der Waals surface area contributed by atoms with Gasteiger partial charge in [0, 0.05) is 20.3 Å². The number of nitrogens with one attached hydrogen (secondary N) is 1. The first-order valence-electron chi connectivity index (χ1n) is 13.4. The standard InChI is InChI=1S/C27H51N3O/c1-5-7-8-9-10-11-12-13-14-15-16-17-18-19-20-21-22-27-28-23-24-30(27,6-2)25(3)29-26(4)31/h12-13,25H,5-11,14-24H2,1-4H3/p+1/b13-12+. The van der Waals surface area contributed by atoms with Gasteiger partial charge in [0.25, 0.3) is 0 Å². The van der Waals surface area contributed by atoms with Gasteiger partial charge >= 0.3 is 0 Å². The van der Waals surface area contributed by atoms with E-state index >= 15 is 0 Å². The summed E-state index contributed by atoms with van der Waals surface area (Å²) in [6, 6.07) is 0. The molecule has 31 heavy (non-hydrogen) atoms. The first-order chi connectivity index (χ1) is 15.1. The zero-order valence-electron chi connectivity index (χ0n) is 21.3. The van der Waals surface area contributed by atoms with Crippen LogP contribution in [0.3, 0.4) is 0 Å². The molecule has 1 aliphatic rings. The van der Waals surface area contributed by atoms with Crippen molar-refractivity contribution in [1.82, 2.24) is 5.32 Å². The lowest BCUT2D eigenvalue weighted by molar-refractivity contribution is -0.861. The predicted molar refractivity (Wildman–Crippen MR) is 135 cm³/mol. The molecule has 0 spiro atoms. The third-order valence-corrected chi connectivity index (χ3v) is 6.94. The zero-order valence-corrected chi connectivity index (χ0v) is 21.3. The largest absolute Gasteiger partial charge is 0.307 e. The highest BCUT2D eigenvalue weighted by Gasteiger charge is 2.41. The second-order valence-electron chi connectivity index (χ2n) is 9.44. The summed E-state index contributed by atoms with van der Waals surface area (Å²) in [4.78, 5) is 16.4. The van der Waals surface area contributed by atoms with Crippen LogP contribution in [-0.4, -0.2) is 42.0 Å². The Kier molecular flexibility index (Phi) is 15.6. The number of carbonyl (C=O) groups excluding carboxylic acids is 1. The van der Waals surface area contributed by atoms with E-state index in [2.05, 4.69) is 38.2 Å². The van der Waals surface area contributed by atoms with Crippen LogP contribution >= 0.6 is 0 Å². The number of hydrogen-bond donors (Lipinski definition) is 1. The maximum absolute atomic E-state index is 11.5. The first kappa shape index (κ1) is 27.9. The Morgan fingerprint density at radius 2 is 1.48 bits per heavy atom. The molecule has 2 unspecified atom stereocenters. The van der Waals surface area contributed by atoms with Crippen molar-refractivity contribution < 1.29 is 9.28 Å². The van der Waals surface area contributed by atoms with Gasteiger partial charge in [-0.15, -0.1) is 0 Å². The number of amides is 1. The smallest absolute Gasteiger partial charge is 0.221 e. The number of hydrogen-bond acceptors (Lipinski definition) is 2. The van der Waals surface area contributed by atoms with E-state index in [0.29, 0.717) is 0 Å². The Morgan fingerprint density at radius 3 is 2.03 bits per heavy atom. The molecular weight excluding hydrogens is 382 g/mol. The monoisotopic (exact) mass is 434 g/mol. The van der Waals surface area contributed by atoms with E-state index in [1.807, 2.05) is 0 Å². The molecule has 0 saturated heterocycles. The van der Waals surface area contributed by atoms with Crippen molar-refractivity contribution >= 4 is 11.7 Å². The summed E-state index contributed by atoms with van der Waals surface area (Å²) in [6.07, 6.45) is 24.8. The Balaban J connectivity index is 2.04. The van der Waals surface area contributed by atoms with Gasteiger partial charge in [0.1, 0.15) is 6.54 Å². The fourth-order valence-electron chi connectivity index (χ4n) is 4.91. The fourth-order valence-corrected chi connectivity index (χ4v) is 4.91. The average Bonchev–Trinajstić information content (AvgIpc) is 3.17. The van der Waals surface area contributed by atoms with Crippen molar-refractivity contribution in [1.29, 1.82) is 0 Å². The van der Waals surface area contributed by atoms with Crippen molar-refractivity contribution in [2.24, 2.45) is 4.99 Å². The Labute approximate surface area is 193 Å². The third kappa shape index (κ3) is 11.3. The molecule has 1 amide bonds. The van der Waals surface area contributed by atoms with Gasteiger partial charge in [0.2, 0.25) is 5.91 Å². The van der Waals surface area contributed by atoms with Crippen LogP contribution in [0.25, 0.3) is 0 Å². The highest BCUT2D eigenvalue weighted by atomic mass is 16.1. The molecule has 2 atom stereocenters. The maximum atomic E-state index is 11.5. The fraction of sp³-hybridized carbons (Fsp3) is 0.852. The van der Waals surface area contributed by atoms with Gasteiger partial charge in [0.05, 0.1) is 13.1 Å². The van der Waals surface area contributed by atoms with Crippen LogP contribution in [0.15, 0.2) is 17.1 Å². The second kappa shape index (κ2) is 17.4. The van der Waals surface area contributed by atoms with Crippen molar-refractivity contribution in [2.75, 3.05) is 19.6 Å². The summed E-state index contributed by atoms with van der Waals surface area (Å²) < 4.78 is 0.853. The topological polar surface area (TPSA) is 41.5 Å². The molecule has 4 heteroatoms. The molecule has 0 radical (unpaired) electrons. The lowest BCUT2D eigenvalue weighted by atomic mass is 10.1. The number of quaternary nitrogens is 1. The Hall–Kier alpha value is -1.16. The quantitative estimate of drug-likeness (QED) is 0.131. The number of nitrogens with zero attached hydrogens (tertiary/aromatic N) is 2. The molecule has 0 aromatic rings. The van der Waals surface area contributed by atoms with E-state index in [0.717, 1.165) is 30.5 Å². The SMILES string of the molecule is CCCCCCC/C=C/CCCCCCCCCC1=NCC[N+]1(CC)C(C)NC(C)=O. The number of amidine groups is 1. The Morgan fingerprint density at radius 1 is 0.935 bits per heavy atom. The van der Waals surface area contributed by atoms with Crippen LogP contribution in [0.2, 0.25) is 0 Å². The average molecular weight is 435 g/mol. The number of carbonyl (C=O) groups is 1. The first-order valence-corrected chi connectivity index (χ1v) is 13.4. The van der Waals surface area contributed by atoms with Gasteiger partial charge in [-0.1, -0.05) is 76.9 Å². The van der Waals surface area contributed by atoms with Crippen LogP contribution in [-0.2, 0) is 4.79 Å². The Bertz CT molecular complexity index is 529. The number of allylic oxidation sites excluding steroid dienone is 2. The molecule has 180 valence electrons. The molecule has 0 saturated carbocycles. The van der Waals surface area contributed by atoms with Crippen LogP contribution in [0.1, 0.15) is 124 Å². The highest BCUT2D eigenvalue weighted by Crippen LogP contribution is 2.23. The summed E-state index contributed by atoms with van der Waals surface area (Å²) in [5, 5.41) is 3.11. The van der Waals surface area contributed by atoms with Gasteiger partial charge in [-0.25, -0.2) is 4.99 Å². The summed E-state index contributed by atoms with van der Waals surface area (Å²) in [7, 11) is 0. The summed E-state index contributed by atoms with van der Waals surface area (Å²) >= 11 is 0. The molecule has 0 aromatic carbocycles. The van der Waals surface area contributed by atoms with Gasteiger partial charge < -0.3 is 5.32 Å². The molecule has 1 aliphatic heterocycles. The van der Waals surface area contributed by atoms with Gasteiger partial charge in [-0.05, 0) is 39.0 Å². The zero-order chi connectivity index (χ0) is 22.8. The summed E-state index contributed by atoms with van der Waals surface area (Å²) in [5.41, 5.74) is 0. The van der Waals surface area contributed by atoms with Gasteiger partial charge in [0.15, 0.2) is 12.0 Å². The van der Waals surface area contributed by atoms with Crippen molar-refractivity contribution in [3.8, 4) is 0 Å². The normalized spacial score (nSPS) is 19.7. The molecule has 1 N–H and O–H groups in total. The van der Waals surface area contributed by atoms with Crippen molar-refractivity contribution in [2.45, 2.75) is 130 Å². The lowest BCUT2D eigenvalue weighted by Gasteiger charge is -2.39. The van der Waals surface area contributed by atoms with E-state index < -0.39 is 0 Å². The predicted octanol–water partition coefficient (Wildman–Crippen LogP) is 7.14. The summed E-state index contributed by atoms with van der Waals surface area (Å²) in [5.74, 6) is 1.36. The highest BCUT2D eigenvalue weighted by molar-refractivity contribution is 5.78. The van der Waals surface area contributed by atoms with E-state index in [1.165, 1.54) is 95.7 Å². The molecule has 1 heterocycles. The van der Waals surface area contributed by atoms with Crippen LogP contribution in [0.4, 0.5) is 0 Å². The minimum absolute atomic E-state index is 0.0580. The maximum Gasteiger partial charge on any atom is 0.221 e. The second-order valence-corrected chi connectivity index (χ2v) is 9.44. The molecule has 0 fully saturated rings. The van der Waals surface area contributed by atoms with E-state index in [9.17, 15) is 4.79 Å². The number of likely N-dealkylation sites (N-methyl/N-ethyl adjacent to an activating group) is 1. The van der Waals surface area contributed by atoms with Crippen LogP contribution in [0, 0.1) is 0 Å². The van der Waals surface area contributed by atoms with Crippen LogP contribution in [0.5, 0.6) is 0 Å². The molecular formula is C27H52N3O+.